The Hall–Kier alpha value is 2.78. The van der Waals surface area contributed by atoms with Crippen molar-refractivity contribution in [3.8, 4) is 0 Å². The molecule has 0 saturated carbocycles. The summed E-state index contributed by atoms with van der Waals surface area (Å²) in [7, 11) is 0. The summed E-state index contributed by atoms with van der Waals surface area (Å²) in [5.74, 6) is -2.87. The zero-order chi connectivity index (χ0) is 17.5. The monoisotopic (exact) mass is 637 g/mol. The van der Waals surface area contributed by atoms with Crippen molar-refractivity contribution in [3.05, 3.63) is 0 Å². The van der Waals surface area contributed by atoms with Gasteiger partial charge in [-0.2, -0.15) is 0 Å². The second kappa shape index (κ2) is 46.1. The van der Waals surface area contributed by atoms with Crippen molar-refractivity contribution in [2.24, 2.45) is 0 Å². The van der Waals surface area contributed by atoms with E-state index in [1.54, 1.807) is 0 Å². The standard InChI is InChI=1S/2C3H6O3.3H3N.3Na.6O.2Sn/c2*1-2(4)3(5)6;;;;;;;;;;;;;;/h2*2,4H,1H3,(H,5,6);3*1H3;;;;;;;;;;;/q;;;;;3*+1;;;4*-1;;/p+1. The third-order valence-corrected chi connectivity index (χ3v) is 0.682. The van der Waals surface area contributed by atoms with E-state index in [1.165, 1.54) is 0 Å². The fraction of sp³-hybridized carbons (Fsp3) is 0.667. The van der Waals surface area contributed by atoms with E-state index in [2.05, 4.69) is 0 Å². The number of hydrogen-bond donors (Lipinski definition) is 5. The van der Waals surface area contributed by atoms with Crippen LogP contribution in [0.15, 0.2) is 0 Å². The van der Waals surface area contributed by atoms with Crippen LogP contribution in [0.1, 0.15) is 13.8 Å². The number of carboxylic acids is 2. The first-order chi connectivity index (χ1) is 8.75. The maximum absolute atomic E-state index is 9.34. The Kier molecular flexibility index (Phi) is 112. The van der Waals surface area contributed by atoms with E-state index < -0.39 is 65.3 Å². The van der Waals surface area contributed by atoms with Crippen LogP contribution in [0.2, 0.25) is 0 Å². The van der Waals surface area contributed by atoms with Gasteiger partial charge in [-0.25, -0.2) is 0 Å². The molecule has 2 atom stereocenters. The SMILES string of the molecule is CC(O)C(=O)[O-].CC(O)C(=O)[O-].[NH4+].[NH4+].[NH4+].[Na+].[Na+].[Na+].[O]=[Sn]([O-])[O-].[O]=[Sn]([O-])[O-]. The molecule has 14 N–H and O–H groups in total. The molecule has 0 aromatic rings. The van der Waals surface area contributed by atoms with Gasteiger partial charge in [-0.3, -0.25) is 0 Å². The van der Waals surface area contributed by atoms with Crippen molar-refractivity contribution < 1.29 is 139 Å². The number of carbonyl (C=O) groups excluding carboxylic acids is 2. The maximum atomic E-state index is 9.34. The molecule has 0 rings (SSSR count). The van der Waals surface area contributed by atoms with Crippen molar-refractivity contribution in [2.75, 3.05) is 0 Å². The second-order valence-corrected chi connectivity index (χ2v) is 5.34. The molecule has 20 heteroatoms. The van der Waals surface area contributed by atoms with E-state index >= 15 is 0 Å². The topological polar surface area (TPSA) is 357 Å². The Morgan fingerprint density at radius 3 is 0.731 bits per heavy atom. The number of aliphatic hydroxyl groups excluding tert-OH is 2. The van der Waals surface area contributed by atoms with E-state index in [0.717, 1.165) is 13.8 Å². The Labute approximate surface area is 232 Å². The van der Waals surface area contributed by atoms with Gasteiger partial charge >= 0.3 is 150 Å². The first kappa shape index (κ1) is 63.0. The quantitative estimate of drug-likeness (QED) is 0.177. The molecular formula is C6H22N3Na3O12Sn2. The molecule has 0 aliphatic rings. The molecule has 0 aliphatic heterocycles. The van der Waals surface area contributed by atoms with Gasteiger partial charge in [0.1, 0.15) is 0 Å². The van der Waals surface area contributed by atoms with Crippen LogP contribution in [0.3, 0.4) is 0 Å². The van der Waals surface area contributed by atoms with Crippen molar-refractivity contribution in [2.45, 2.75) is 26.1 Å². The van der Waals surface area contributed by atoms with Crippen LogP contribution in [0.4, 0.5) is 0 Å². The molecule has 0 saturated heterocycles. The van der Waals surface area contributed by atoms with Crippen LogP contribution in [0, 0.1) is 0 Å². The van der Waals surface area contributed by atoms with Gasteiger partial charge in [-0.05, 0) is 13.8 Å². The van der Waals surface area contributed by atoms with E-state index in [1.807, 2.05) is 0 Å². The zero-order valence-electron chi connectivity index (χ0n) is 16.1. The molecule has 0 heterocycles. The second-order valence-electron chi connectivity index (χ2n) is 2.49. The van der Waals surface area contributed by atoms with Gasteiger partial charge in [0.15, 0.2) is 0 Å². The number of rotatable bonds is 2. The fourth-order valence-corrected chi connectivity index (χ4v) is 0. The summed E-state index contributed by atoms with van der Waals surface area (Å²) in [6.45, 7) is 2.27. The van der Waals surface area contributed by atoms with Crippen molar-refractivity contribution in [3.63, 3.8) is 0 Å². The summed E-state index contributed by atoms with van der Waals surface area (Å²) >= 11 is -8.59. The van der Waals surface area contributed by atoms with Crippen molar-refractivity contribution >= 4 is 53.1 Å². The minimum atomic E-state index is -4.29. The zero-order valence-corrected chi connectivity index (χ0v) is 27.8. The van der Waals surface area contributed by atoms with E-state index in [9.17, 15) is 19.8 Å². The van der Waals surface area contributed by atoms with Gasteiger partial charge < -0.3 is 48.5 Å². The molecule has 0 fully saturated rings. The predicted molar refractivity (Wildman–Crippen MR) is 64.2 cm³/mol. The summed E-state index contributed by atoms with van der Waals surface area (Å²) in [4.78, 5) is 18.7. The normalized spacial score (nSPS) is 8.31. The Morgan fingerprint density at radius 2 is 0.731 bits per heavy atom. The molecule has 15 nitrogen and oxygen atoms in total. The number of quaternary nitrogens is 3. The number of carbonyl (C=O) groups is 2. The first-order valence-corrected chi connectivity index (χ1v) is 11.3. The Balaban J connectivity index is -0.0000000155. The van der Waals surface area contributed by atoms with E-state index in [4.69, 9.17) is 30.1 Å². The van der Waals surface area contributed by atoms with Gasteiger partial charge in [0.25, 0.3) is 0 Å². The van der Waals surface area contributed by atoms with Crippen LogP contribution in [-0.2, 0) is 15.7 Å². The molecule has 0 aromatic heterocycles. The molecule has 0 bridgehead atoms. The number of hydrogen-bond acceptors (Lipinski definition) is 12. The van der Waals surface area contributed by atoms with Crippen molar-refractivity contribution in [1.29, 1.82) is 0 Å². The van der Waals surface area contributed by atoms with Gasteiger partial charge in [0, 0.05) is 0 Å². The van der Waals surface area contributed by atoms with Gasteiger partial charge in [-0.15, -0.1) is 0 Å². The summed E-state index contributed by atoms with van der Waals surface area (Å²) in [6.07, 6.45) is -2.69. The first-order valence-electron chi connectivity index (χ1n) is 4.29. The third-order valence-electron chi connectivity index (χ3n) is 0.682. The third kappa shape index (κ3) is 153. The van der Waals surface area contributed by atoms with Gasteiger partial charge in [-0.1, -0.05) is 0 Å². The average Bonchev–Trinajstić information content (AvgIpc) is 2.15. The predicted octanol–water partition coefficient (Wildman–Crippen LogP) is -17.4. The van der Waals surface area contributed by atoms with Crippen molar-refractivity contribution in [1.82, 2.24) is 18.5 Å². The van der Waals surface area contributed by atoms with Crippen LogP contribution in [-0.4, -0.2) is 75.5 Å². The Morgan fingerprint density at radius 1 is 0.692 bits per heavy atom. The molecular weight excluding hydrogens is 612 g/mol. The molecule has 26 heavy (non-hydrogen) atoms. The summed E-state index contributed by atoms with van der Waals surface area (Å²) in [5.41, 5.74) is 0. The number of aliphatic hydroxyl groups is 2. The summed E-state index contributed by atoms with van der Waals surface area (Å²) < 4.78 is 51.7. The summed E-state index contributed by atoms with van der Waals surface area (Å²) in [6, 6.07) is 0. The molecule has 144 valence electrons. The van der Waals surface area contributed by atoms with Crippen LogP contribution in [0.25, 0.3) is 0 Å². The van der Waals surface area contributed by atoms with Crippen LogP contribution in [0.5, 0.6) is 0 Å². The molecule has 0 radical (unpaired) electrons. The minimum absolute atomic E-state index is 0. The van der Waals surface area contributed by atoms with Crippen LogP contribution < -0.4 is 131 Å². The Bertz CT molecular complexity index is 289. The average molecular weight is 635 g/mol. The molecule has 0 aromatic carbocycles. The molecule has 0 amide bonds. The van der Waals surface area contributed by atoms with E-state index in [-0.39, 0.29) is 107 Å². The molecule has 0 aliphatic carbocycles. The summed E-state index contributed by atoms with van der Waals surface area (Å²) in [5, 5.41) is 34.6. The van der Waals surface area contributed by atoms with E-state index in [0.29, 0.717) is 0 Å². The fourth-order valence-electron chi connectivity index (χ4n) is 0. The number of carboxylic acid groups (broad SMARTS) is 2. The van der Waals surface area contributed by atoms with Crippen LogP contribution >= 0.6 is 0 Å². The molecule has 0 spiro atoms. The molecule has 2 unspecified atom stereocenters. The van der Waals surface area contributed by atoms with Gasteiger partial charge in [0.2, 0.25) is 0 Å². The van der Waals surface area contributed by atoms with Gasteiger partial charge in [0.05, 0.1) is 24.1 Å². The number of aliphatic carboxylic acids is 2.